The van der Waals surface area contributed by atoms with Gasteiger partial charge < -0.3 is 14.9 Å². The first-order valence-corrected chi connectivity index (χ1v) is 13.6. The van der Waals surface area contributed by atoms with Crippen LogP contribution in [0, 0.1) is 5.92 Å². The second-order valence-electron chi connectivity index (χ2n) is 10.5. The molecule has 2 fully saturated rings. The minimum Gasteiger partial charge on any atom is -0.480 e. The van der Waals surface area contributed by atoms with Gasteiger partial charge in [-0.3, -0.25) is 9.59 Å². The SMILES string of the molecule is CN(CCc1ccccc1)c1ncc(C(=O)N(CC(=O)O)CC2CCCCC2)c(C2CCCCC2)n1. The molecular weight excluding hydrogens is 452 g/mol. The lowest BCUT2D eigenvalue weighted by molar-refractivity contribution is -0.137. The van der Waals surface area contributed by atoms with Gasteiger partial charge in [0.15, 0.2) is 0 Å². The Bertz CT molecular complexity index is 1000. The van der Waals surface area contributed by atoms with Crippen molar-refractivity contribution in [2.24, 2.45) is 5.92 Å². The maximum atomic E-state index is 13.8. The van der Waals surface area contributed by atoms with E-state index in [0.717, 1.165) is 70.0 Å². The Labute approximate surface area is 214 Å². The highest BCUT2D eigenvalue weighted by Crippen LogP contribution is 2.34. The van der Waals surface area contributed by atoms with Gasteiger partial charge in [0.1, 0.15) is 6.54 Å². The number of carbonyl (C=O) groups excluding carboxylic acids is 1. The number of hydrogen-bond donors (Lipinski definition) is 1. The minimum absolute atomic E-state index is 0.211. The van der Waals surface area contributed by atoms with Gasteiger partial charge in [-0.15, -0.1) is 0 Å². The van der Waals surface area contributed by atoms with Gasteiger partial charge in [-0.25, -0.2) is 9.97 Å². The van der Waals surface area contributed by atoms with Gasteiger partial charge >= 0.3 is 5.97 Å². The number of aromatic nitrogens is 2. The molecule has 0 aliphatic heterocycles. The highest BCUT2D eigenvalue weighted by atomic mass is 16.4. The molecule has 4 rings (SSSR count). The molecule has 7 nitrogen and oxygen atoms in total. The van der Waals surface area contributed by atoms with E-state index in [-0.39, 0.29) is 18.4 Å². The van der Waals surface area contributed by atoms with E-state index >= 15 is 0 Å². The van der Waals surface area contributed by atoms with Crippen LogP contribution in [0.4, 0.5) is 5.95 Å². The van der Waals surface area contributed by atoms with E-state index in [2.05, 4.69) is 17.1 Å². The summed E-state index contributed by atoms with van der Waals surface area (Å²) < 4.78 is 0. The van der Waals surface area contributed by atoms with Crippen LogP contribution in [0.15, 0.2) is 36.5 Å². The van der Waals surface area contributed by atoms with Gasteiger partial charge in [-0.05, 0) is 43.6 Å². The number of anilines is 1. The molecule has 0 bridgehead atoms. The summed E-state index contributed by atoms with van der Waals surface area (Å²) in [4.78, 5) is 38.6. The Hall–Kier alpha value is -2.96. The predicted octanol–water partition coefficient (Wildman–Crippen LogP) is 5.31. The Kier molecular flexibility index (Phi) is 9.31. The zero-order valence-electron chi connectivity index (χ0n) is 21.6. The van der Waals surface area contributed by atoms with Crippen molar-refractivity contribution in [2.75, 3.05) is 31.6 Å². The second-order valence-corrected chi connectivity index (χ2v) is 10.5. The smallest absolute Gasteiger partial charge is 0.323 e. The molecule has 2 aliphatic rings. The quantitative estimate of drug-likeness (QED) is 0.484. The summed E-state index contributed by atoms with van der Waals surface area (Å²) in [6.45, 7) is 0.986. The van der Waals surface area contributed by atoms with E-state index in [1.54, 1.807) is 6.20 Å². The minimum atomic E-state index is -0.975. The average molecular weight is 493 g/mol. The van der Waals surface area contributed by atoms with Crippen molar-refractivity contribution in [3.63, 3.8) is 0 Å². The van der Waals surface area contributed by atoms with Crippen molar-refractivity contribution in [1.29, 1.82) is 0 Å². The number of carboxylic acids is 1. The van der Waals surface area contributed by atoms with Crippen LogP contribution >= 0.6 is 0 Å². The average Bonchev–Trinajstić information content (AvgIpc) is 2.92. The maximum absolute atomic E-state index is 13.8. The van der Waals surface area contributed by atoms with Gasteiger partial charge in [-0.2, -0.15) is 0 Å². The third-order valence-electron chi connectivity index (χ3n) is 7.76. The van der Waals surface area contributed by atoms with Gasteiger partial charge in [0.25, 0.3) is 5.91 Å². The molecule has 1 aromatic carbocycles. The van der Waals surface area contributed by atoms with E-state index in [4.69, 9.17) is 4.98 Å². The Balaban J connectivity index is 1.57. The molecule has 1 aromatic heterocycles. The zero-order chi connectivity index (χ0) is 25.3. The Morgan fingerprint density at radius 1 is 0.972 bits per heavy atom. The molecule has 1 N–H and O–H groups in total. The molecule has 7 heteroatoms. The number of likely N-dealkylation sites (N-methyl/N-ethyl adjacent to an activating group) is 1. The number of benzene rings is 1. The fourth-order valence-electron chi connectivity index (χ4n) is 5.70. The summed E-state index contributed by atoms with van der Waals surface area (Å²) in [6.07, 6.45) is 13.7. The summed E-state index contributed by atoms with van der Waals surface area (Å²) in [5.74, 6) is -0.00783. The molecule has 36 heavy (non-hydrogen) atoms. The summed E-state index contributed by atoms with van der Waals surface area (Å²) >= 11 is 0. The molecule has 0 radical (unpaired) electrons. The third-order valence-corrected chi connectivity index (χ3v) is 7.76. The first-order valence-electron chi connectivity index (χ1n) is 13.6. The molecular formula is C29H40N4O3. The number of rotatable bonds is 10. The van der Waals surface area contributed by atoms with Crippen LogP contribution in [0.1, 0.15) is 91.7 Å². The second kappa shape index (κ2) is 12.8. The fraction of sp³-hybridized carbons (Fsp3) is 0.586. The van der Waals surface area contributed by atoms with Crippen LogP contribution in [0.3, 0.4) is 0 Å². The fourth-order valence-corrected chi connectivity index (χ4v) is 5.70. The Morgan fingerprint density at radius 3 is 2.31 bits per heavy atom. The van der Waals surface area contributed by atoms with Crippen LogP contribution in [0.2, 0.25) is 0 Å². The molecule has 1 amide bonds. The molecule has 2 aliphatic carbocycles. The number of carboxylic acid groups (broad SMARTS) is 1. The van der Waals surface area contributed by atoms with Crippen LogP contribution in [-0.2, 0) is 11.2 Å². The standard InChI is InChI=1S/C29H40N4O3/c1-32(18-17-22-11-5-2-6-12-22)29-30-19-25(27(31-29)24-15-9-4-10-16-24)28(36)33(21-26(34)35)20-23-13-7-3-8-14-23/h2,5-6,11-12,19,23-24H,3-4,7-10,13-18,20-21H2,1H3,(H,34,35). The van der Waals surface area contributed by atoms with Crippen molar-refractivity contribution in [3.05, 3.63) is 53.3 Å². The van der Waals surface area contributed by atoms with Crippen LogP contribution < -0.4 is 4.90 Å². The van der Waals surface area contributed by atoms with E-state index in [1.807, 2.05) is 30.1 Å². The van der Waals surface area contributed by atoms with Crippen LogP contribution in [-0.4, -0.2) is 58.5 Å². The number of amides is 1. The lowest BCUT2D eigenvalue weighted by atomic mass is 9.85. The zero-order valence-corrected chi connectivity index (χ0v) is 21.6. The molecule has 0 spiro atoms. The first kappa shape index (κ1) is 26.1. The van der Waals surface area contributed by atoms with Crippen LogP contribution in [0.25, 0.3) is 0 Å². The normalized spacial score (nSPS) is 17.0. The van der Waals surface area contributed by atoms with E-state index in [1.165, 1.54) is 23.3 Å². The lowest BCUT2D eigenvalue weighted by Gasteiger charge is -2.30. The third kappa shape index (κ3) is 7.05. The number of carbonyl (C=O) groups is 2. The number of nitrogens with zero attached hydrogens (tertiary/aromatic N) is 4. The largest absolute Gasteiger partial charge is 0.480 e. The maximum Gasteiger partial charge on any atom is 0.323 e. The van der Waals surface area contributed by atoms with E-state index < -0.39 is 5.97 Å². The molecule has 194 valence electrons. The molecule has 0 unspecified atom stereocenters. The molecule has 2 saturated carbocycles. The first-order chi connectivity index (χ1) is 17.5. The Morgan fingerprint density at radius 2 is 1.64 bits per heavy atom. The van der Waals surface area contributed by atoms with Crippen molar-refractivity contribution in [1.82, 2.24) is 14.9 Å². The molecule has 0 saturated heterocycles. The topological polar surface area (TPSA) is 86.6 Å². The predicted molar refractivity (Wildman–Crippen MR) is 141 cm³/mol. The summed E-state index contributed by atoms with van der Waals surface area (Å²) in [7, 11) is 1.99. The van der Waals surface area contributed by atoms with Gasteiger partial charge in [0.05, 0.1) is 11.3 Å². The van der Waals surface area contributed by atoms with Gasteiger partial charge in [0, 0.05) is 32.3 Å². The van der Waals surface area contributed by atoms with Gasteiger partial charge in [0.2, 0.25) is 5.95 Å². The lowest BCUT2D eigenvalue weighted by Crippen LogP contribution is -2.40. The van der Waals surface area contributed by atoms with Crippen LogP contribution in [0.5, 0.6) is 0 Å². The molecule has 1 heterocycles. The molecule has 2 aromatic rings. The highest BCUT2D eigenvalue weighted by molar-refractivity contribution is 5.96. The monoisotopic (exact) mass is 492 g/mol. The summed E-state index contributed by atoms with van der Waals surface area (Å²) in [6, 6.07) is 10.3. The van der Waals surface area contributed by atoms with Gasteiger partial charge in [-0.1, -0.05) is 68.9 Å². The van der Waals surface area contributed by atoms with Crippen molar-refractivity contribution in [2.45, 2.75) is 76.5 Å². The summed E-state index contributed by atoms with van der Waals surface area (Å²) in [5, 5.41) is 9.57. The van der Waals surface area contributed by atoms with Crippen molar-refractivity contribution in [3.8, 4) is 0 Å². The van der Waals surface area contributed by atoms with Crippen molar-refractivity contribution < 1.29 is 14.7 Å². The molecule has 0 atom stereocenters. The highest BCUT2D eigenvalue weighted by Gasteiger charge is 2.30. The number of hydrogen-bond acceptors (Lipinski definition) is 5. The van der Waals surface area contributed by atoms with E-state index in [9.17, 15) is 14.7 Å². The summed E-state index contributed by atoms with van der Waals surface area (Å²) in [5.41, 5.74) is 2.55. The van der Waals surface area contributed by atoms with Crippen molar-refractivity contribution >= 4 is 17.8 Å². The van der Waals surface area contributed by atoms with E-state index in [0.29, 0.717) is 24.0 Å². The number of aliphatic carboxylic acids is 1.